The topological polar surface area (TPSA) is 55.4 Å². The third kappa shape index (κ3) is 4.56. The monoisotopic (exact) mass is 305 g/mol. The van der Waals surface area contributed by atoms with Crippen molar-refractivity contribution in [3.05, 3.63) is 29.8 Å². The van der Waals surface area contributed by atoms with Gasteiger partial charge >= 0.3 is 5.97 Å². The molecule has 0 spiro atoms. The van der Waals surface area contributed by atoms with Crippen LogP contribution in [-0.4, -0.2) is 49.6 Å². The number of ether oxygens (including phenoxy) is 1. The second-order valence-electron chi connectivity index (χ2n) is 6.13. The number of hydrogen-bond acceptors (Lipinski definition) is 3. The molecule has 5 nitrogen and oxygen atoms in total. The Labute approximate surface area is 131 Å². The molecule has 1 N–H and O–H groups in total. The summed E-state index contributed by atoms with van der Waals surface area (Å²) in [5.74, 6) is -0.319. The smallest absolute Gasteiger partial charge is 0.338 e. The Kier molecular flexibility index (Phi) is 5.55. The first kappa shape index (κ1) is 16.5. The number of carbonyl (C=O) groups is 2. The highest BCUT2D eigenvalue weighted by atomic mass is 16.5. The maximum atomic E-state index is 12.2. The molecule has 0 saturated carbocycles. The van der Waals surface area contributed by atoms with E-state index in [1.807, 2.05) is 0 Å². The molecule has 1 amide bonds. The lowest BCUT2D eigenvalue weighted by Gasteiger charge is -2.37. The third-order valence-electron chi connectivity index (χ3n) is 4.10. The van der Waals surface area contributed by atoms with E-state index in [2.05, 4.69) is 12.4 Å². The summed E-state index contributed by atoms with van der Waals surface area (Å²) in [5, 5.41) is 2.91. The van der Waals surface area contributed by atoms with Gasteiger partial charge in [0.25, 0.3) is 5.91 Å². The molecule has 0 aromatic heterocycles. The van der Waals surface area contributed by atoms with E-state index in [1.165, 1.54) is 19.3 Å². The van der Waals surface area contributed by atoms with Gasteiger partial charge in [0.15, 0.2) is 6.54 Å². The van der Waals surface area contributed by atoms with Crippen molar-refractivity contribution >= 4 is 17.6 Å². The second kappa shape index (κ2) is 7.40. The minimum absolute atomic E-state index is 0.0216. The number of quaternary nitrogens is 1. The van der Waals surface area contributed by atoms with Crippen molar-refractivity contribution in [2.24, 2.45) is 0 Å². The van der Waals surface area contributed by atoms with Gasteiger partial charge < -0.3 is 14.5 Å². The molecule has 22 heavy (non-hydrogen) atoms. The van der Waals surface area contributed by atoms with Gasteiger partial charge in [0.1, 0.15) is 0 Å². The number of nitrogens with zero attached hydrogens (tertiary/aromatic N) is 1. The van der Waals surface area contributed by atoms with Gasteiger partial charge in [-0.25, -0.2) is 4.79 Å². The van der Waals surface area contributed by atoms with Gasteiger partial charge in [0, 0.05) is 5.69 Å². The Morgan fingerprint density at radius 1 is 1.14 bits per heavy atom. The summed E-state index contributed by atoms with van der Waals surface area (Å²) in [6.07, 6.45) is 3.65. The average molecular weight is 305 g/mol. The standard InChI is InChI=1S/C17H24N2O3/c1-3-22-17(21)14-7-9-15(10-8-14)18-16(20)13-19(2)11-5-4-6-12-19/h7-10H,3-6,11-13H2,1-2H3/p+1. The van der Waals surface area contributed by atoms with Crippen LogP contribution in [0.4, 0.5) is 5.69 Å². The Bertz CT molecular complexity index is 519. The van der Waals surface area contributed by atoms with Crippen molar-refractivity contribution in [3.63, 3.8) is 0 Å². The predicted octanol–water partition coefficient (Wildman–Crippen LogP) is 2.43. The zero-order valence-electron chi connectivity index (χ0n) is 13.4. The third-order valence-corrected chi connectivity index (χ3v) is 4.10. The number of hydrogen-bond donors (Lipinski definition) is 1. The summed E-state index contributed by atoms with van der Waals surface area (Å²) in [6.45, 7) is 4.76. The van der Waals surface area contributed by atoms with Gasteiger partial charge in [-0.3, -0.25) is 4.79 Å². The molecular weight excluding hydrogens is 280 g/mol. The number of likely N-dealkylation sites (N-methyl/N-ethyl adjacent to an activating group) is 1. The van der Waals surface area contributed by atoms with E-state index in [1.54, 1.807) is 31.2 Å². The van der Waals surface area contributed by atoms with Crippen LogP contribution in [0.2, 0.25) is 0 Å². The number of piperidine rings is 1. The number of anilines is 1. The van der Waals surface area contributed by atoms with Crippen LogP contribution in [0.15, 0.2) is 24.3 Å². The SMILES string of the molecule is CCOC(=O)c1ccc(NC(=O)C[N+]2(C)CCCCC2)cc1. The number of amides is 1. The van der Waals surface area contributed by atoms with Crippen molar-refractivity contribution in [1.82, 2.24) is 0 Å². The summed E-state index contributed by atoms with van der Waals surface area (Å²) in [5.41, 5.74) is 1.21. The summed E-state index contributed by atoms with van der Waals surface area (Å²) >= 11 is 0. The number of rotatable bonds is 5. The molecule has 5 heteroatoms. The van der Waals surface area contributed by atoms with E-state index in [0.717, 1.165) is 17.6 Å². The Hall–Kier alpha value is -1.88. The van der Waals surface area contributed by atoms with Crippen LogP contribution in [0, 0.1) is 0 Å². The number of nitrogens with one attached hydrogen (secondary N) is 1. The number of benzene rings is 1. The van der Waals surface area contributed by atoms with Crippen LogP contribution in [0.25, 0.3) is 0 Å². The Morgan fingerprint density at radius 3 is 2.36 bits per heavy atom. The molecule has 0 bridgehead atoms. The van der Waals surface area contributed by atoms with E-state index in [0.29, 0.717) is 24.4 Å². The molecule has 0 aliphatic carbocycles. The summed E-state index contributed by atoms with van der Waals surface area (Å²) in [4.78, 5) is 23.8. The normalized spacial score (nSPS) is 16.8. The zero-order chi connectivity index (χ0) is 16.0. The van der Waals surface area contributed by atoms with Crippen molar-refractivity contribution in [1.29, 1.82) is 0 Å². The first-order valence-corrected chi connectivity index (χ1v) is 7.93. The van der Waals surface area contributed by atoms with E-state index in [4.69, 9.17) is 4.74 Å². The fraction of sp³-hybridized carbons (Fsp3) is 0.529. The zero-order valence-corrected chi connectivity index (χ0v) is 13.4. The van der Waals surface area contributed by atoms with Crippen molar-refractivity contribution < 1.29 is 18.8 Å². The molecule has 0 radical (unpaired) electrons. The van der Waals surface area contributed by atoms with Gasteiger partial charge in [-0.15, -0.1) is 0 Å². The van der Waals surface area contributed by atoms with Gasteiger partial charge in [-0.1, -0.05) is 0 Å². The first-order chi connectivity index (χ1) is 10.5. The lowest BCUT2D eigenvalue weighted by Crippen LogP contribution is -2.51. The van der Waals surface area contributed by atoms with E-state index in [9.17, 15) is 9.59 Å². The first-order valence-electron chi connectivity index (χ1n) is 7.93. The second-order valence-corrected chi connectivity index (χ2v) is 6.13. The fourth-order valence-corrected chi connectivity index (χ4v) is 2.89. The van der Waals surface area contributed by atoms with Gasteiger partial charge in [-0.2, -0.15) is 0 Å². The van der Waals surface area contributed by atoms with Crippen molar-refractivity contribution in [2.75, 3.05) is 38.6 Å². The van der Waals surface area contributed by atoms with Crippen molar-refractivity contribution in [2.45, 2.75) is 26.2 Å². The largest absolute Gasteiger partial charge is 0.462 e. The lowest BCUT2D eigenvalue weighted by atomic mass is 10.1. The molecule has 1 aromatic carbocycles. The van der Waals surface area contributed by atoms with Crippen molar-refractivity contribution in [3.8, 4) is 0 Å². The quantitative estimate of drug-likeness (QED) is 0.671. The fourth-order valence-electron chi connectivity index (χ4n) is 2.89. The molecule has 0 unspecified atom stereocenters. The van der Waals surface area contributed by atoms with Crippen LogP contribution in [-0.2, 0) is 9.53 Å². The molecular formula is C17H25N2O3+. The van der Waals surface area contributed by atoms with E-state index < -0.39 is 0 Å². The molecule has 1 fully saturated rings. The molecule has 1 heterocycles. The van der Waals surface area contributed by atoms with Crippen LogP contribution < -0.4 is 5.32 Å². The highest BCUT2D eigenvalue weighted by Gasteiger charge is 2.27. The molecule has 1 aromatic rings. The summed E-state index contributed by atoms with van der Waals surface area (Å²) < 4.78 is 5.75. The Balaban J connectivity index is 1.90. The van der Waals surface area contributed by atoms with Crippen LogP contribution in [0.5, 0.6) is 0 Å². The minimum atomic E-state index is -0.341. The molecule has 120 valence electrons. The maximum Gasteiger partial charge on any atom is 0.338 e. The molecule has 2 rings (SSSR count). The van der Waals surface area contributed by atoms with Crippen LogP contribution in [0.3, 0.4) is 0 Å². The number of carbonyl (C=O) groups excluding carboxylic acids is 2. The molecule has 0 atom stereocenters. The molecule has 1 saturated heterocycles. The minimum Gasteiger partial charge on any atom is -0.462 e. The Morgan fingerprint density at radius 2 is 1.77 bits per heavy atom. The maximum absolute atomic E-state index is 12.2. The van der Waals surface area contributed by atoms with E-state index in [-0.39, 0.29) is 11.9 Å². The summed E-state index contributed by atoms with van der Waals surface area (Å²) in [6, 6.07) is 6.82. The average Bonchev–Trinajstić information content (AvgIpc) is 2.48. The molecule has 1 aliphatic rings. The lowest BCUT2D eigenvalue weighted by molar-refractivity contribution is -0.906. The van der Waals surface area contributed by atoms with Crippen LogP contribution >= 0.6 is 0 Å². The highest BCUT2D eigenvalue weighted by Crippen LogP contribution is 2.17. The number of likely N-dealkylation sites (tertiary alicyclic amines) is 1. The van der Waals surface area contributed by atoms with Gasteiger partial charge in [0.2, 0.25) is 0 Å². The highest BCUT2D eigenvalue weighted by molar-refractivity contribution is 5.93. The van der Waals surface area contributed by atoms with Crippen LogP contribution in [0.1, 0.15) is 36.5 Å². The predicted molar refractivity (Wildman–Crippen MR) is 85.7 cm³/mol. The summed E-state index contributed by atoms with van der Waals surface area (Å²) in [7, 11) is 2.14. The molecule has 1 aliphatic heterocycles. The number of esters is 1. The van der Waals surface area contributed by atoms with Gasteiger partial charge in [0.05, 0.1) is 32.3 Å². The van der Waals surface area contributed by atoms with E-state index >= 15 is 0 Å². The van der Waals surface area contributed by atoms with Gasteiger partial charge in [-0.05, 0) is 50.5 Å².